The fourth-order valence-electron chi connectivity index (χ4n) is 4.12. The molecule has 8 heteroatoms. The zero-order chi connectivity index (χ0) is 19.0. The third-order valence-corrected chi connectivity index (χ3v) is 5.45. The third kappa shape index (κ3) is 2.77. The summed E-state index contributed by atoms with van der Waals surface area (Å²) in [5, 5.41) is 12.3. The van der Waals surface area contributed by atoms with Gasteiger partial charge in [0, 0.05) is 26.1 Å². The van der Waals surface area contributed by atoms with Crippen molar-refractivity contribution in [2.45, 2.75) is 12.0 Å². The second-order valence-corrected chi connectivity index (χ2v) is 7.24. The molecule has 1 amide bonds. The predicted molar refractivity (Wildman–Crippen MR) is 102 cm³/mol. The Balaban J connectivity index is 1.48. The molecule has 0 aliphatic carbocycles. The highest BCUT2D eigenvalue weighted by atomic mass is 16.6. The summed E-state index contributed by atoms with van der Waals surface area (Å²) in [6.07, 6.45) is 0.487. The van der Waals surface area contributed by atoms with E-state index >= 15 is 0 Å². The first-order valence-electron chi connectivity index (χ1n) is 9.32. The molecule has 1 aromatic heterocycles. The molecule has 3 aromatic rings. The molecule has 0 bridgehead atoms. The van der Waals surface area contributed by atoms with Gasteiger partial charge >= 0.3 is 6.09 Å². The summed E-state index contributed by atoms with van der Waals surface area (Å²) in [6.45, 7) is 2.21. The molecule has 28 heavy (non-hydrogen) atoms. The molecule has 1 unspecified atom stereocenters. The summed E-state index contributed by atoms with van der Waals surface area (Å²) in [4.78, 5) is 16.3. The van der Waals surface area contributed by atoms with Crippen molar-refractivity contribution >= 4 is 12.0 Å². The SMILES string of the molecule is O=C1OCC2(Cc3ccccc3)CN(c3nnnn3-c3ccccc3)CCN12. The van der Waals surface area contributed by atoms with Crippen LogP contribution in [0.1, 0.15) is 5.56 Å². The average Bonchev–Trinajstić information content (AvgIpc) is 3.35. The molecule has 0 saturated carbocycles. The number of ether oxygens (including phenoxy) is 1. The van der Waals surface area contributed by atoms with E-state index in [1.165, 1.54) is 5.56 Å². The Morgan fingerprint density at radius 3 is 2.54 bits per heavy atom. The summed E-state index contributed by atoms with van der Waals surface area (Å²) in [5.41, 5.74) is 1.65. The van der Waals surface area contributed by atoms with Gasteiger partial charge < -0.3 is 9.64 Å². The molecule has 142 valence electrons. The Morgan fingerprint density at radius 1 is 1.00 bits per heavy atom. The van der Waals surface area contributed by atoms with Crippen molar-refractivity contribution in [2.24, 2.45) is 0 Å². The molecule has 0 N–H and O–H groups in total. The number of aromatic nitrogens is 4. The lowest BCUT2D eigenvalue weighted by Gasteiger charge is -2.44. The Bertz CT molecular complexity index is 977. The van der Waals surface area contributed by atoms with Gasteiger partial charge in [0.25, 0.3) is 5.95 Å². The minimum atomic E-state index is -0.426. The zero-order valence-corrected chi connectivity index (χ0v) is 15.3. The van der Waals surface area contributed by atoms with E-state index in [0.29, 0.717) is 32.2 Å². The largest absolute Gasteiger partial charge is 0.447 e. The van der Waals surface area contributed by atoms with Crippen molar-refractivity contribution in [1.29, 1.82) is 0 Å². The normalized spacial score (nSPS) is 21.5. The number of nitrogens with zero attached hydrogens (tertiary/aromatic N) is 6. The number of para-hydroxylation sites is 1. The smallest absolute Gasteiger partial charge is 0.410 e. The van der Waals surface area contributed by atoms with Crippen LogP contribution in [0.4, 0.5) is 10.7 Å². The van der Waals surface area contributed by atoms with Gasteiger partial charge in [0.05, 0.1) is 5.69 Å². The van der Waals surface area contributed by atoms with Crippen LogP contribution in [0.15, 0.2) is 60.7 Å². The van der Waals surface area contributed by atoms with Crippen LogP contribution in [0, 0.1) is 0 Å². The number of benzene rings is 2. The highest BCUT2D eigenvalue weighted by Gasteiger charge is 2.51. The first kappa shape index (κ1) is 16.7. The Labute approximate surface area is 162 Å². The Hall–Kier alpha value is -3.42. The van der Waals surface area contributed by atoms with Crippen LogP contribution in [0.3, 0.4) is 0 Å². The topological polar surface area (TPSA) is 76.4 Å². The number of carbonyl (C=O) groups is 1. The standard InChI is InChI=1S/C20H20N6O2/c27-19-25-12-11-24(18-21-22-23-26(18)17-9-5-2-6-10-17)14-20(25,15-28-19)13-16-7-3-1-4-8-16/h1-10H,11-15H2. The molecular weight excluding hydrogens is 356 g/mol. The van der Waals surface area contributed by atoms with Gasteiger partial charge in [-0.25, -0.2) is 4.79 Å². The highest BCUT2D eigenvalue weighted by Crippen LogP contribution is 2.34. The van der Waals surface area contributed by atoms with Crippen LogP contribution >= 0.6 is 0 Å². The van der Waals surface area contributed by atoms with Crippen LogP contribution in [-0.2, 0) is 11.2 Å². The molecule has 2 aliphatic rings. The van der Waals surface area contributed by atoms with Gasteiger partial charge in [-0.2, -0.15) is 4.68 Å². The summed E-state index contributed by atoms with van der Waals surface area (Å²) >= 11 is 0. The first-order valence-corrected chi connectivity index (χ1v) is 9.32. The minimum Gasteiger partial charge on any atom is -0.447 e. The van der Waals surface area contributed by atoms with Crippen LogP contribution in [0.5, 0.6) is 0 Å². The molecule has 3 heterocycles. The van der Waals surface area contributed by atoms with Crippen molar-refractivity contribution < 1.29 is 9.53 Å². The van der Waals surface area contributed by atoms with Gasteiger partial charge in [-0.1, -0.05) is 53.6 Å². The van der Waals surface area contributed by atoms with Crippen LogP contribution < -0.4 is 4.90 Å². The van der Waals surface area contributed by atoms with E-state index in [2.05, 4.69) is 32.6 Å². The van der Waals surface area contributed by atoms with E-state index < -0.39 is 5.54 Å². The molecule has 0 spiro atoms. The lowest BCUT2D eigenvalue weighted by atomic mass is 9.88. The van der Waals surface area contributed by atoms with Gasteiger partial charge in [-0.15, -0.1) is 0 Å². The van der Waals surface area contributed by atoms with E-state index in [1.807, 2.05) is 53.4 Å². The van der Waals surface area contributed by atoms with E-state index in [0.717, 1.165) is 12.1 Å². The Morgan fingerprint density at radius 2 is 1.75 bits per heavy atom. The third-order valence-electron chi connectivity index (χ3n) is 5.45. The van der Waals surface area contributed by atoms with Gasteiger partial charge in [-0.3, -0.25) is 4.90 Å². The zero-order valence-electron chi connectivity index (χ0n) is 15.3. The van der Waals surface area contributed by atoms with Gasteiger partial charge in [-0.05, 0) is 28.1 Å². The highest BCUT2D eigenvalue weighted by molar-refractivity contribution is 5.72. The number of cyclic esters (lactones) is 1. The van der Waals surface area contributed by atoms with Crippen molar-refractivity contribution in [2.75, 3.05) is 31.1 Å². The maximum atomic E-state index is 12.3. The second-order valence-electron chi connectivity index (χ2n) is 7.24. The quantitative estimate of drug-likeness (QED) is 0.692. The van der Waals surface area contributed by atoms with E-state index in [-0.39, 0.29) is 6.09 Å². The number of rotatable bonds is 4. The van der Waals surface area contributed by atoms with E-state index in [1.54, 1.807) is 4.68 Å². The van der Waals surface area contributed by atoms with Gasteiger partial charge in [0.2, 0.25) is 0 Å². The second kappa shape index (κ2) is 6.63. The monoisotopic (exact) mass is 376 g/mol. The number of piperazine rings is 1. The number of hydrogen-bond acceptors (Lipinski definition) is 6. The molecule has 2 aromatic carbocycles. The average molecular weight is 376 g/mol. The minimum absolute atomic E-state index is 0.238. The van der Waals surface area contributed by atoms with Crippen molar-refractivity contribution in [3.63, 3.8) is 0 Å². The fourth-order valence-corrected chi connectivity index (χ4v) is 4.12. The molecule has 5 rings (SSSR count). The van der Waals surface area contributed by atoms with Crippen molar-refractivity contribution in [1.82, 2.24) is 25.1 Å². The fraction of sp³-hybridized carbons (Fsp3) is 0.300. The molecule has 8 nitrogen and oxygen atoms in total. The van der Waals surface area contributed by atoms with Crippen LogP contribution in [0.2, 0.25) is 0 Å². The number of hydrogen-bond donors (Lipinski definition) is 0. The van der Waals surface area contributed by atoms with Crippen LogP contribution in [-0.4, -0.2) is 63.0 Å². The lowest BCUT2D eigenvalue weighted by Crippen LogP contribution is -2.63. The van der Waals surface area contributed by atoms with E-state index in [9.17, 15) is 4.79 Å². The summed E-state index contributed by atoms with van der Waals surface area (Å²) in [5.74, 6) is 0.678. The van der Waals surface area contributed by atoms with Crippen LogP contribution in [0.25, 0.3) is 5.69 Å². The van der Waals surface area contributed by atoms with E-state index in [4.69, 9.17) is 4.74 Å². The molecule has 1 atom stereocenters. The molecule has 0 radical (unpaired) electrons. The summed E-state index contributed by atoms with van der Waals surface area (Å²) in [7, 11) is 0. The number of carbonyl (C=O) groups excluding carboxylic acids is 1. The number of anilines is 1. The first-order chi connectivity index (χ1) is 13.8. The molecular formula is C20H20N6O2. The predicted octanol–water partition coefficient (Wildman–Crippen LogP) is 1.92. The Kier molecular flexibility index (Phi) is 3.96. The number of amides is 1. The number of fused-ring (bicyclic) bond motifs is 1. The maximum absolute atomic E-state index is 12.3. The molecule has 2 saturated heterocycles. The lowest BCUT2D eigenvalue weighted by molar-refractivity contribution is 0.139. The summed E-state index contributed by atoms with van der Waals surface area (Å²) in [6, 6.07) is 20.0. The summed E-state index contributed by atoms with van der Waals surface area (Å²) < 4.78 is 7.20. The maximum Gasteiger partial charge on any atom is 0.410 e. The van der Waals surface area contributed by atoms with Gasteiger partial charge in [0.15, 0.2) is 0 Å². The van der Waals surface area contributed by atoms with Crippen molar-refractivity contribution in [3.05, 3.63) is 66.2 Å². The molecule has 2 aliphatic heterocycles. The molecule has 2 fully saturated rings. The number of tetrazole rings is 1. The van der Waals surface area contributed by atoms with Gasteiger partial charge in [0.1, 0.15) is 12.1 Å². The van der Waals surface area contributed by atoms with Crippen molar-refractivity contribution in [3.8, 4) is 5.69 Å².